The summed E-state index contributed by atoms with van der Waals surface area (Å²) in [5.74, 6) is 1.77. The fourth-order valence-corrected chi connectivity index (χ4v) is 2.57. The molecule has 2 fully saturated rings. The van der Waals surface area contributed by atoms with Gasteiger partial charge in [0, 0.05) is 12.6 Å². The van der Waals surface area contributed by atoms with Crippen molar-refractivity contribution in [3.8, 4) is 0 Å². The Morgan fingerprint density at radius 1 is 1.38 bits per heavy atom. The van der Waals surface area contributed by atoms with Gasteiger partial charge in [-0.2, -0.15) is 0 Å². The van der Waals surface area contributed by atoms with Crippen LogP contribution >= 0.6 is 0 Å². The second-order valence-corrected chi connectivity index (χ2v) is 5.01. The fraction of sp³-hybridized carbons (Fsp3) is 1.00. The normalized spacial score (nSPS) is 33.2. The lowest BCUT2D eigenvalue weighted by molar-refractivity contribution is 0.192. The van der Waals surface area contributed by atoms with E-state index in [-0.39, 0.29) is 0 Å². The molecule has 1 aliphatic heterocycles. The number of hydrogen-bond acceptors (Lipinski definition) is 2. The van der Waals surface area contributed by atoms with E-state index in [0.717, 1.165) is 11.8 Å². The molecule has 13 heavy (non-hydrogen) atoms. The van der Waals surface area contributed by atoms with Gasteiger partial charge in [0.15, 0.2) is 0 Å². The first kappa shape index (κ1) is 9.47. The molecule has 2 rings (SSSR count). The molecule has 2 heteroatoms. The van der Waals surface area contributed by atoms with E-state index in [4.69, 9.17) is 5.73 Å². The van der Waals surface area contributed by atoms with Gasteiger partial charge >= 0.3 is 0 Å². The van der Waals surface area contributed by atoms with Crippen LogP contribution < -0.4 is 5.73 Å². The molecule has 0 radical (unpaired) electrons. The maximum atomic E-state index is 6.14. The molecule has 2 unspecified atom stereocenters. The molecule has 0 bridgehead atoms. The average molecular weight is 182 g/mol. The maximum Gasteiger partial charge on any atom is 0.00702 e. The highest BCUT2D eigenvalue weighted by molar-refractivity contribution is 4.86. The zero-order valence-corrected chi connectivity index (χ0v) is 8.71. The van der Waals surface area contributed by atoms with E-state index in [0.29, 0.717) is 6.04 Å². The summed E-state index contributed by atoms with van der Waals surface area (Å²) in [7, 11) is 2.23. The van der Waals surface area contributed by atoms with Gasteiger partial charge in [-0.15, -0.1) is 0 Å². The summed E-state index contributed by atoms with van der Waals surface area (Å²) in [5, 5.41) is 0. The van der Waals surface area contributed by atoms with E-state index < -0.39 is 0 Å². The highest BCUT2D eigenvalue weighted by Gasteiger charge is 2.30. The molecular formula is C11H22N2. The van der Waals surface area contributed by atoms with Crippen molar-refractivity contribution < 1.29 is 0 Å². The smallest absolute Gasteiger partial charge is 0.00702 e. The molecule has 0 aromatic heterocycles. The van der Waals surface area contributed by atoms with Crippen molar-refractivity contribution in [1.82, 2.24) is 4.90 Å². The van der Waals surface area contributed by atoms with Crippen molar-refractivity contribution >= 4 is 0 Å². The van der Waals surface area contributed by atoms with Crippen LogP contribution in [-0.4, -0.2) is 31.1 Å². The van der Waals surface area contributed by atoms with Crippen molar-refractivity contribution in [1.29, 1.82) is 0 Å². The Kier molecular flexibility index (Phi) is 2.89. The standard InChI is InChI=1S/C11H22N2/c1-13-6-2-3-9(8-13)7-11(12)10-4-5-10/h9-11H,2-8,12H2,1H3. The van der Waals surface area contributed by atoms with Crippen molar-refractivity contribution in [2.24, 2.45) is 17.6 Å². The molecule has 0 aromatic carbocycles. The molecule has 1 heterocycles. The third-order valence-corrected chi connectivity index (χ3v) is 3.56. The minimum atomic E-state index is 0.511. The summed E-state index contributed by atoms with van der Waals surface area (Å²) in [6, 6.07) is 0.511. The molecule has 2 atom stereocenters. The molecular weight excluding hydrogens is 160 g/mol. The van der Waals surface area contributed by atoms with E-state index in [2.05, 4.69) is 11.9 Å². The third kappa shape index (κ3) is 2.68. The Morgan fingerprint density at radius 3 is 2.77 bits per heavy atom. The van der Waals surface area contributed by atoms with Gasteiger partial charge in [0.1, 0.15) is 0 Å². The molecule has 0 aromatic rings. The van der Waals surface area contributed by atoms with E-state index in [1.807, 2.05) is 0 Å². The Bertz CT molecular complexity index is 165. The number of hydrogen-bond donors (Lipinski definition) is 1. The number of rotatable bonds is 3. The highest BCUT2D eigenvalue weighted by atomic mass is 15.1. The average Bonchev–Trinajstić information content (AvgIpc) is 2.85. The Morgan fingerprint density at radius 2 is 2.15 bits per heavy atom. The van der Waals surface area contributed by atoms with E-state index in [9.17, 15) is 0 Å². The van der Waals surface area contributed by atoms with Crippen molar-refractivity contribution in [3.05, 3.63) is 0 Å². The largest absolute Gasteiger partial charge is 0.327 e. The minimum absolute atomic E-state index is 0.511. The molecule has 0 amide bonds. The van der Waals surface area contributed by atoms with Gasteiger partial charge in [0.05, 0.1) is 0 Å². The van der Waals surface area contributed by atoms with Crippen molar-refractivity contribution in [2.45, 2.75) is 38.1 Å². The SMILES string of the molecule is CN1CCCC(CC(N)C2CC2)C1. The number of piperidine rings is 1. The van der Waals surface area contributed by atoms with Crippen LogP contribution in [0.3, 0.4) is 0 Å². The van der Waals surface area contributed by atoms with Crippen molar-refractivity contribution in [3.63, 3.8) is 0 Å². The van der Waals surface area contributed by atoms with Gasteiger partial charge in [-0.05, 0) is 57.5 Å². The second kappa shape index (κ2) is 3.97. The monoisotopic (exact) mass is 182 g/mol. The lowest BCUT2D eigenvalue weighted by atomic mass is 9.90. The fourth-order valence-electron chi connectivity index (χ4n) is 2.57. The van der Waals surface area contributed by atoms with Crippen LogP contribution in [0.25, 0.3) is 0 Å². The quantitative estimate of drug-likeness (QED) is 0.716. The van der Waals surface area contributed by atoms with Gasteiger partial charge in [-0.3, -0.25) is 0 Å². The highest BCUT2D eigenvalue weighted by Crippen LogP contribution is 2.35. The summed E-state index contributed by atoms with van der Waals surface area (Å²) >= 11 is 0. The summed E-state index contributed by atoms with van der Waals surface area (Å²) in [6.07, 6.45) is 6.84. The van der Waals surface area contributed by atoms with Gasteiger partial charge < -0.3 is 10.6 Å². The molecule has 1 saturated carbocycles. The summed E-state index contributed by atoms with van der Waals surface area (Å²) < 4.78 is 0. The summed E-state index contributed by atoms with van der Waals surface area (Å²) in [4.78, 5) is 2.45. The zero-order chi connectivity index (χ0) is 9.26. The predicted molar refractivity (Wildman–Crippen MR) is 55.5 cm³/mol. The van der Waals surface area contributed by atoms with Crippen LogP contribution in [0.4, 0.5) is 0 Å². The van der Waals surface area contributed by atoms with Crippen LogP contribution in [0.5, 0.6) is 0 Å². The molecule has 2 N–H and O–H groups in total. The molecule has 0 spiro atoms. The lowest BCUT2D eigenvalue weighted by Crippen LogP contribution is -2.36. The number of nitrogens with two attached hydrogens (primary N) is 1. The maximum absolute atomic E-state index is 6.14. The van der Waals surface area contributed by atoms with E-state index >= 15 is 0 Å². The topological polar surface area (TPSA) is 29.3 Å². The first-order chi connectivity index (χ1) is 6.25. The van der Waals surface area contributed by atoms with Crippen LogP contribution in [0, 0.1) is 11.8 Å². The van der Waals surface area contributed by atoms with Gasteiger partial charge in [-0.1, -0.05) is 0 Å². The first-order valence-electron chi connectivity index (χ1n) is 5.70. The minimum Gasteiger partial charge on any atom is -0.327 e. The molecule has 2 nitrogen and oxygen atoms in total. The van der Waals surface area contributed by atoms with E-state index in [1.165, 1.54) is 45.2 Å². The van der Waals surface area contributed by atoms with Gasteiger partial charge in [0.2, 0.25) is 0 Å². The lowest BCUT2D eigenvalue weighted by Gasteiger charge is -2.31. The van der Waals surface area contributed by atoms with E-state index in [1.54, 1.807) is 0 Å². The van der Waals surface area contributed by atoms with Gasteiger partial charge in [0.25, 0.3) is 0 Å². The summed E-state index contributed by atoms with van der Waals surface area (Å²) in [6.45, 7) is 2.57. The Labute approximate surface area is 81.5 Å². The van der Waals surface area contributed by atoms with Crippen LogP contribution in [-0.2, 0) is 0 Å². The molecule has 1 saturated heterocycles. The van der Waals surface area contributed by atoms with Crippen LogP contribution in [0.15, 0.2) is 0 Å². The summed E-state index contributed by atoms with van der Waals surface area (Å²) in [5.41, 5.74) is 6.14. The Balaban J connectivity index is 1.73. The number of likely N-dealkylation sites (tertiary alicyclic amines) is 1. The third-order valence-electron chi connectivity index (χ3n) is 3.56. The second-order valence-electron chi connectivity index (χ2n) is 5.01. The van der Waals surface area contributed by atoms with Crippen LogP contribution in [0.1, 0.15) is 32.1 Å². The molecule has 1 aliphatic carbocycles. The van der Waals surface area contributed by atoms with Crippen molar-refractivity contribution in [2.75, 3.05) is 20.1 Å². The van der Waals surface area contributed by atoms with Crippen LogP contribution in [0.2, 0.25) is 0 Å². The zero-order valence-electron chi connectivity index (χ0n) is 8.71. The predicted octanol–water partition coefficient (Wildman–Crippen LogP) is 1.46. The number of nitrogens with zero attached hydrogens (tertiary/aromatic N) is 1. The molecule has 2 aliphatic rings. The Hall–Kier alpha value is -0.0800. The first-order valence-corrected chi connectivity index (χ1v) is 5.70. The van der Waals surface area contributed by atoms with Gasteiger partial charge in [-0.25, -0.2) is 0 Å². The molecule has 76 valence electrons.